The maximum atomic E-state index is 14.0. The van der Waals surface area contributed by atoms with Crippen LogP contribution in [0.25, 0.3) is 0 Å². The highest BCUT2D eigenvalue weighted by Gasteiger charge is 2.48. The van der Waals surface area contributed by atoms with Crippen LogP contribution in [0.5, 0.6) is 28.7 Å². The van der Waals surface area contributed by atoms with Gasteiger partial charge in [-0.2, -0.15) is 0 Å². The van der Waals surface area contributed by atoms with E-state index < -0.39 is 80.0 Å². The Hall–Kier alpha value is -3.29. The average Bonchev–Trinajstić information content (AvgIpc) is 3.57. The highest BCUT2D eigenvalue weighted by atomic mass is 16.7. The lowest BCUT2D eigenvalue weighted by atomic mass is 9.81. The summed E-state index contributed by atoms with van der Waals surface area (Å²) in [6.07, 6.45) is -13.6. The predicted octanol–water partition coefficient (Wildman–Crippen LogP) is -0.957. The molecule has 0 radical (unpaired) electrons. The first-order valence-electron chi connectivity index (χ1n) is 16.5. The van der Waals surface area contributed by atoms with Crippen LogP contribution in [0.15, 0.2) is 24.3 Å². The van der Waals surface area contributed by atoms with Crippen LogP contribution < -0.4 is 23.7 Å². The van der Waals surface area contributed by atoms with Crippen molar-refractivity contribution < 1.29 is 78.1 Å². The summed E-state index contributed by atoms with van der Waals surface area (Å²) in [4.78, 5) is 14.0. The monoisotopic (exact) mass is 706 g/mol. The topological polar surface area (TPSA) is 222 Å². The normalized spacial score (nSPS) is 36.5. The van der Waals surface area contributed by atoms with Crippen molar-refractivity contribution in [1.82, 2.24) is 0 Å². The van der Waals surface area contributed by atoms with Crippen molar-refractivity contribution in [1.29, 1.82) is 0 Å². The summed E-state index contributed by atoms with van der Waals surface area (Å²) in [5, 5.41) is 61.3. The van der Waals surface area contributed by atoms with Crippen LogP contribution in [0.4, 0.5) is 0 Å². The standard InChI is InChI=1S/C34H42O16/c1-13(9-45-34-31(41)29(39)28(38)24(50-34)12-47-33-30(40)27(37)17(35)10-46-33)19-7-16-18(48-19)5-4-14-26(36)25-15-6-21(42-2)22(43-3)8-20(15)44-11-23(25)49-32(14)16/h4-6,8,13,17,19,23-25,27-31,33-35,37-41H,7,9-12H2,1-3H3. The molecule has 2 fully saturated rings. The van der Waals surface area contributed by atoms with Gasteiger partial charge in [0.2, 0.25) is 0 Å². The maximum absolute atomic E-state index is 14.0. The van der Waals surface area contributed by atoms with Crippen molar-refractivity contribution in [3.05, 3.63) is 41.0 Å². The van der Waals surface area contributed by atoms with Gasteiger partial charge in [-0.05, 0) is 18.2 Å². The minimum atomic E-state index is -1.64. The molecule has 50 heavy (non-hydrogen) atoms. The first-order chi connectivity index (χ1) is 24.0. The van der Waals surface area contributed by atoms with Gasteiger partial charge >= 0.3 is 0 Å². The fraction of sp³-hybridized carbons (Fsp3) is 0.618. The highest BCUT2D eigenvalue weighted by molar-refractivity contribution is 6.06. The lowest BCUT2D eigenvalue weighted by molar-refractivity contribution is -0.322. The number of Topliss-reactive ketones (excluding diaryl/α,β-unsaturated/α-hetero) is 1. The Balaban J connectivity index is 0.991. The van der Waals surface area contributed by atoms with E-state index in [1.54, 1.807) is 24.3 Å². The number of hydrogen-bond acceptors (Lipinski definition) is 16. The van der Waals surface area contributed by atoms with Crippen LogP contribution in [0.2, 0.25) is 0 Å². The number of fused-ring (bicyclic) bond motifs is 6. The quantitative estimate of drug-likeness (QED) is 0.185. The fourth-order valence-electron chi connectivity index (χ4n) is 7.07. The molecule has 2 aromatic rings. The summed E-state index contributed by atoms with van der Waals surface area (Å²) in [5.74, 6) is 1.57. The van der Waals surface area contributed by atoms with E-state index in [0.29, 0.717) is 46.3 Å². The second-order valence-electron chi connectivity index (χ2n) is 13.2. The number of ether oxygens (including phenoxy) is 9. The smallest absolute Gasteiger partial charge is 0.186 e. The molecule has 0 saturated carbocycles. The summed E-state index contributed by atoms with van der Waals surface area (Å²) < 4.78 is 51.9. The largest absolute Gasteiger partial charge is 0.493 e. The number of carbonyl (C=O) groups is 1. The molecule has 16 nitrogen and oxygen atoms in total. The van der Waals surface area contributed by atoms with Crippen molar-refractivity contribution in [3.63, 3.8) is 0 Å². The lowest BCUT2D eigenvalue weighted by Gasteiger charge is -2.41. The zero-order valence-corrected chi connectivity index (χ0v) is 27.6. The van der Waals surface area contributed by atoms with Crippen LogP contribution >= 0.6 is 0 Å². The number of carbonyl (C=O) groups excluding carboxylic acids is 1. The van der Waals surface area contributed by atoms with E-state index in [9.17, 15) is 35.4 Å². The first-order valence-corrected chi connectivity index (χ1v) is 16.5. The molecule has 13 unspecified atom stereocenters. The molecule has 0 aromatic heterocycles. The minimum Gasteiger partial charge on any atom is -0.493 e. The lowest BCUT2D eigenvalue weighted by Crippen LogP contribution is -2.60. The molecular weight excluding hydrogens is 664 g/mol. The van der Waals surface area contributed by atoms with E-state index >= 15 is 0 Å². The van der Waals surface area contributed by atoms with Crippen LogP contribution in [0.1, 0.15) is 34.3 Å². The molecule has 16 heteroatoms. The maximum Gasteiger partial charge on any atom is 0.186 e. The average molecular weight is 707 g/mol. The number of aliphatic hydroxyl groups excluding tert-OH is 6. The van der Waals surface area contributed by atoms with Gasteiger partial charge in [0.15, 0.2) is 29.9 Å². The van der Waals surface area contributed by atoms with E-state index in [2.05, 4.69) is 0 Å². The third-order valence-electron chi connectivity index (χ3n) is 10.0. The summed E-state index contributed by atoms with van der Waals surface area (Å²) in [7, 11) is 3.06. The van der Waals surface area contributed by atoms with Gasteiger partial charge in [-0.15, -0.1) is 0 Å². The van der Waals surface area contributed by atoms with Gasteiger partial charge in [0.1, 0.15) is 78.8 Å². The SMILES string of the molecule is COc1cc2c(cc1OC)C1C(=O)c3ccc4c(c3OC1CO2)CC(C(C)COC1OC(COC2OCC(O)C(O)C2O)C(O)C(O)C1O)O4. The third-order valence-corrected chi connectivity index (χ3v) is 10.0. The Morgan fingerprint density at radius 3 is 2.34 bits per heavy atom. The molecule has 7 rings (SSSR count). The summed E-state index contributed by atoms with van der Waals surface area (Å²) in [6.45, 7) is 1.38. The Bertz CT molecular complexity index is 1570. The van der Waals surface area contributed by atoms with Gasteiger partial charge in [0, 0.05) is 29.5 Å². The zero-order chi connectivity index (χ0) is 35.4. The third kappa shape index (κ3) is 6.17. The second kappa shape index (κ2) is 14.0. The zero-order valence-electron chi connectivity index (χ0n) is 27.6. The molecule has 274 valence electrons. The molecule has 5 aliphatic heterocycles. The van der Waals surface area contributed by atoms with Crippen molar-refractivity contribution >= 4 is 5.78 Å². The number of benzene rings is 2. The van der Waals surface area contributed by atoms with Crippen LogP contribution in [0.3, 0.4) is 0 Å². The Morgan fingerprint density at radius 1 is 0.840 bits per heavy atom. The number of methoxy groups -OCH3 is 2. The Kier molecular flexibility index (Phi) is 9.85. The molecule has 2 saturated heterocycles. The molecule has 0 bridgehead atoms. The van der Waals surface area contributed by atoms with E-state index in [1.807, 2.05) is 6.92 Å². The highest BCUT2D eigenvalue weighted by Crippen LogP contribution is 2.50. The molecule has 13 atom stereocenters. The van der Waals surface area contributed by atoms with Gasteiger partial charge < -0.3 is 73.3 Å². The van der Waals surface area contributed by atoms with Crippen molar-refractivity contribution in [3.8, 4) is 28.7 Å². The van der Waals surface area contributed by atoms with Gasteiger partial charge in [-0.3, -0.25) is 4.79 Å². The summed E-state index contributed by atoms with van der Waals surface area (Å²) >= 11 is 0. The van der Waals surface area contributed by atoms with Gasteiger partial charge in [0.25, 0.3) is 0 Å². The van der Waals surface area contributed by atoms with Crippen molar-refractivity contribution in [2.24, 2.45) is 5.92 Å². The second-order valence-corrected chi connectivity index (χ2v) is 13.2. The minimum absolute atomic E-state index is 0.0217. The Labute approximate surface area is 286 Å². The molecule has 0 amide bonds. The van der Waals surface area contributed by atoms with Gasteiger partial charge in [0.05, 0.1) is 45.5 Å². The number of aliphatic hydroxyl groups is 6. The van der Waals surface area contributed by atoms with Crippen molar-refractivity contribution in [2.75, 3.05) is 40.6 Å². The van der Waals surface area contributed by atoms with E-state index in [0.717, 1.165) is 5.56 Å². The molecule has 2 aromatic carbocycles. The van der Waals surface area contributed by atoms with Crippen molar-refractivity contribution in [2.45, 2.75) is 86.8 Å². The molecule has 0 spiro atoms. The summed E-state index contributed by atoms with van der Waals surface area (Å²) in [6, 6.07) is 6.91. The molecule has 5 heterocycles. The molecular formula is C34H42O16. The van der Waals surface area contributed by atoms with Gasteiger partial charge in [-0.25, -0.2) is 0 Å². The number of rotatable bonds is 9. The fourth-order valence-corrected chi connectivity index (χ4v) is 7.07. The Morgan fingerprint density at radius 2 is 1.58 bits per heavy atom. The van der Waals surface area contributed by atoms with Gasteiger partial charge in [-0.1, -0.05) is 6.92 Å². The van der Waals surface area contributed by atoms with E-state index in [-0.39, 0.29) is 31.5 Å². The summed E-state index contributed by atoms with van der Waals surface area (Å²) in [5.41, 5.74) is 1.85. The van der Waals surface area contributed by atoms with Crippen LogP contribution in [-0.2, 0) is 25.4 Å². The molecule has 5 aliphatic rings. The predicted molar refractivity (Wildman–Crippen MR) is 167 cm³/mol. The van der Waals surface area contributed by atoms with E-state index in [4.69, 9.17) is 42.6 Å². The van der Waals surface area contributed by atoms with Crippen LogP contribution in [0, 0.1) is 5.92 Å². The number of hydrogen-bond donors (Lipinski definition) is 6. The van der Waals surface area contributed by atoms with E-state index in [1.165, 1.54) is 14.2 Å². The van der Waals surface area contributed by atoms with Crippen LogP contribution in [-0.4, -0.2) is 145 Å². The first kappa shape index (κ1) is 35.1. The molecule has 0 aliphatic carbocycles. The number of ketones is 1. The molecule has 6 N–H and O–H groups in total.